The summed E-state index contributed by atoms with van der Waals surface area (Å²) in [6.45, 7) is 2.15. The molecule has 1 N–H and O–H groups in total. The van der Waals surface area contributed by atoms with Gasteiger partial charge in [0.1, 0.15) is 5.75 Å². The van der Waals surface area contributed by atoms with Crippen LogP contribution in [-0.2, 0) is 11.2 Å². The number of halogens is 2. The van der Waals surface area contributed by atoms with E-state index < -0.39 is 5.97 Å². The van der Waals surface area contributed by atoms with Crippen molar-refractivity contribution in [3.63, 3.8) is 0 Å². The zero-order chi connectivity index (χ0) is 24.8. The molecule has 0 saturated carbocycles. The van der Waals surface area contributed by atoms with Crippen molar-refractivity contribution >= 4 is 39.8 Å². The Labute approximate surface area is 213 Å². The van der Waals surface area contributed by atoms with Crippen LogP contribution in [0.15, 0.2) is 36.5 Å². The standard InChI is InChI=1S/C27H28ClFN2O3S/c1-34-20-7-9-25-23(15-20)22(24(28)16-30-25)6-2-4-18-11-13-31(17-19(18)14-27(32)33)12-3-5-21-8-10-26(29)35-21/h7-10,15-16,18-19H,2,4,6,11-14,17H2,1H3,(H,32,33)/t18-,19+/m1/s1. The first-order valence-corrected chi connectivity index (χ1v) is 12.9. The number of aryl methyl sites for hydroxylation is 1. The molecule has 1 saturated heterocycles. The van der Waals surface area contributed by atoms with Crippen LogP contribution < -0.4 is 4.74 Å². The zero-order valence-corrected chi connectivity index (χ0v) is 21.2. The highest BCUT2D eigenvalue weighted by Crippen LogP contribution is 2.33. The highest BCUT2D eigenvalue weighted by Gasteiger charge is 2.30. The first kappa shape index (κ1) is 25.4. The molecule has 1 aromatic carbocycles. The largest absolute Gasteiger partial charge is 0.497 e. The average molecular weight is 515 g/mol. The smallest absolute Gasteiger partial charge is 0.303 e. The fourth-order valence-corrected chi connectivity index (χ4v) is 5.73. The van der Waals surface area contributed by atoms with Crippen molar-refractivity contribution in [3.8, 4) is 17.6 Å². The summed E-state index contributed by atoms with van der Waals surface area (Å²) >= 11 is 7.55. The van der Waals surface area contributed by atoms with E-state index in [0.29, 0.717) is 28.9 Å². The van der Waals surface area contributed by atoms with Gasteiger partial charge in [-0.05, 0) is 80.0 Å². The summed E-state index contributed by atoms with van der Waals surface area (Å²) in [4.78, 5) is 18.9. The molecule has 0 amide bonds. The van der Waals surface area contributed by atoms with Crippen molar-refractivity contribution in [2.24, 2.45) is 11.8 Å². The monoisotopic (exact) mass is 514 g/mol. The molecule has 1 aliphatic rings. The summed E-state index contributed by atoms with van der Waals surface area (Å²) in [5.74, 6) is 6.53. The minimum absolute atomic E-state index is 0.0759. The van der Waals surface area contributed by atoms with Crippen LogP contribution in [0.25, 0.3) is 10.9 Å². The molecule has 8 heteroatoms. The Kier molecular flexibility index (Phi) is 8.61. The Balaban J connectivity index is 1.38. The minimum Gasteiger partial charge on any atom is -0.497 e. The zero-order valence-electron chi connectivity index (χ0n) is 19.6. The second-order valence-electron chi connectivity index (χ2n) is 8.91. The maximum Gasteiger partial charge on any atom is 0.303 e. The molecule has 0 bridgehead atoms. The topological polar surface area (TPSA) is 62.7 Å². The van der Waals surface area contributed by atoms with E-state index in [2.05, 4.69) is 21.7 Å². The summed E-state index contributed by atoms with van der Waals surface area (Å²) < 4.78 is 18.5. The molecule has 3 aromatic rings. The van der Waals surface area contributed by atoms with Gasteiger partial charge in [0.2, 0.25) is 0 Å². The number of methoxy groups -OCH3 is 1. The molecule has 35 heavy (non-hydrogen) atoms. The first-order chi connectivity index (χ1) is 16.9. The molecule has 0 spiro atoms. The maximum atomic E-state index is 13.1. The van der Waals surface area contributed by atoms with Gasteiger partial charge in [-0.2, -0.15) is 4.39 Å². The third-order valence-electron chi connectivity index (χ3n) is 6.64. The van der Waals surface area contributed by atoms with E-state index >= 15 is 0 Å². The summed E-state index contributed by atoms with van der Waals surface area (Å²) in [6, 6.07) is 8.90. The van der Waals surface area contributed by atoms with Crippen LogP contribution in [-0.4, -0.2) is 47.7 Å². The summed E-state index contributed by atoms with van der Waals surface area (Å²) in [6.07, 6.45) is 5.44. The molecule has 0 aliphatic carbocycles. The molecule has 4 rings (SSSR count). The number of aliphatic carboxylic acids is 1. The molecule has 2 aromatic heterocycles. The number of carbonyl (C=O) groups is 1. The second-order valence-corrected chi connectivity index (χ2v) is 10.3. The van der Waals surface area contributed by atoms with Crippen molar-refractivity contribution in [2.45, 2.75) is 32.1 Å². The molecule has 5 nitrogen and oxygen atoms in total. The molecule has 0 unspecified atom stereocenters. The molecular formula is C27H28ClFN2O3S. The van der Waals surface area contributed by atoms with Gasteiger partial charge < -0.3 is 9.84 Å². The Morgan fingerprint density at radius 2 is 2.20 bits per heavy atom. The van der Waals surface area contributed by atoms with E-state index in [-0.39, 0.29) is 17.5 Å². The normalized spacial score (nSPS) is 18.3. The molecule has 1 fully saturated rings. The second kappa shape index (κ2) is 11.9. The average Bonchev–Trinajstić information content (AvgIpc) is 3.25. The summed E-state index contributed by atoms with van der Waals surface area (Å²) in [5, 5.41) is 10.9. The number of rotatable bonds is 8. The van der Waals surface area contributed by atoms with Crippen LogP contribution in [0, 0.1) is 28.8 Å². The van der Waals surface area contributed by atoms with Crippen molar-refractivity contribution in [1.82, 2.24) is 9.88 Å². The SMILES string of the molecule is COc1ccc2ncc(Cl)c(CCC[C@@H]3CCN(CC#Cc4ccc(F)s4)C[C@@H]3CC(=O)O)c2c1. The van der Waals surface area contributed by atoms with Crippen molar-refractivity contribution in [1.29, 1.82) is 0 Å². The van der Waals surface area contributed by atoms with Crippen LogP contribution in [0.5, 0.6) is 5.75 Å². The lowest BCUT2D eigenvalue weighted by Gasteiger charge is -2.37. The number of piperidine rings is 1. The predicted octanol–water partition coefficient (Wildman–Crippen LogP) is 5.88. The van der Waals surface area contributed by atoms with Gasteiger partial charge in [-0.15, -0.1) is 0 Å². The number of fused-ring (bicyclic) bond motifs is 1. The fraction of sp³-hybridized carbons (Fsp3) is 0.407. The van der Waals surface area contributed by atoms with Crippen LogP contribution >= 0.6 is 22.9 Å². The van der Waals surface area contributed by atoms with Gasteiger partial charge in [-0.3, -0.25) is 14.7 Å². The summed E-state index contributed by atoms with van der Waals surface area (Å²) in [7, 11) is 1.64. The Bertz CT molecular complexity index is 1250. The number of hydrogen-bond donors (Lipinski definition) is 1. The fourth-order valence-electron chi connectivity index (χ4n) is 4.88. The predicted molar refractivity (Wildman–Crippen MR) is 138 cm³/mol. The van der Waals surface area contributed by atoms with E-state index in [1.807, 2.05) is 18.2 Å². The number of carboxylic acids is 1. The van der Waals surface area contributed by atoms with E-state index in [1.165, 1.54) is 6.07 Å². The van der Waals surface area contributed by atoms with Crippen LogP contribution in [0.1, 0.15) is 36.1 Å². The maximum absolute atomic E-state index is 13.1. The Morgan fingerprint density at radius 1 is 1.34 bits per heavy atom. The van der Waals surface area contributed by atoms with Gasteiger partial charge in [0, 0.05) is 24.5 Å². The number of aromatic nitrogens is 1. The van der Waals surface area contributed by atoms with E-state index in [1.54, 1.807) is 19.4 Å². The highest BCUT2D eigenvalue weighted by atomic mass is 35.5. The summed E-state index contributed by atoms with van der Waals surface area (Å²) in [5.41, 5.74) is 1.94. The third-order valence-corrected chi connectivity index (χ3v) is 7.75. The lowest BCUT2D eigenvalue weighted by atomic mass is 9.80. The van der Waals surface area contributed by atoms with Crippen LogP contribution in [0.2, 0.25) is 5.02 Å². The van der Waals surface area contributed by atoms with Crippen LogP contribution in [0.4, 0.5) is 4.39 Å². The van der Waals surface area contributed by atoms with Gasteiger partial charge in [0.05, 0.1) is 29.1 Å². The lowest BCUT2D eigenvalue weighted by molar-refractivity contribution is -0.139. The molecule has 184 valence electrons. The van der Waals surface area contributed by atoms with Gasteiger partial charge in [-0.1, -0.05) is 34.8 Å². The van der Waals surface area contributed by atoms with Gasteiger partial charge in [0.15, 0.2) is 5.13 Å². The molecule has 1 aliphatic heterocycles. The third kappa shape index (κ3) is 6.72. The molecule has 3 heterocycles. The van der Waals surface area contributed by atoms with E-state index in [9.17, 15) is 14.3 Å². The van der Waals surface area contributed by atoms with Gasteiger partial charge >= 0.3 is 5.97 Å². The van der Waals surface area contributed by atoms with Crippen LogP contribution in [0.3, 0.4) is 0 Å². The number of pyridine rings is 1. The molecule has 0 radical (unpaired) electrons. The van der Waals surface area contributed by atoms with Crippen molar-refractivity contribution in [3.05, 3.63) is 57.1 Å². The number of nitrogens with zero attached hydrogens (tertiary/aromatic N) is 2. The van der Waals surface area contributed by atoms with E-state index in [4.69, 9.17) is 16.3 Å². The van der Waals surface area contributed by atoms with Gasteiger partial charge in [0.25, 0.3) is 0 Å². The minimum atomic E-state index is -0.766. The number of carboxylic acid groups (broad SMARTS) is 1. The van der Waals surface area contributed by atoms with Gasteiger partial charge in [-0.25, -0.2) is 0 Å². The van der Waals surface area contributed by atoms with Crippen molar-refractivity contribution in [2.75, 3.05) is 26.7 Å². The lowest BCUT2D eigenvalue weighted by Crippen LogP contribution is -2.41. The highest BCUT2D eigenvalue weighted by molar-refractivity contribution is 7.10. The molecular weight excluding hydrogens is 487 g/mol. The molecule has 2 atom stereocenters. The Hall–Kier alpha value is -2.66. The number of ether oxygens (including phenoxy) is 1. The number of benzene rings is 1. The quantitative estimate of drug-likeness (QED) is 0.380. The number of thiophene rings is 1. The first-order valence-electron chi connectivity index (χ1n) is 11.7. The Morgan fingerprint density at radius 3 is 2.94 bits per heavy atom. The number of likely N-dealkylation sites (tertiary alicyclic amines) is 1. The van der Waals surface area contributed by atoms with Crippen molar-refractivity contribution < 1.29 is 19.0 Å². The number of hydrogen-bond acceptors (Lipinski definition) is 5. The van der Waals surface area contributed by atoms with E-state index in [0.717, 1.165) is 65.8 Å².